The van der Waals surface area contributed by atoms with Gasteiger partial charge in [-0.3, -0.25) is 0 Å². The number of rotatable bonds is 3. The monoisotopic (exact) mass is 961 g/mol. The van der Waals surface area contributed by atoms with E-state index >= 15 is 0 Å². The number of aromatic nitrogens is 1. The zero-order valence-electron chi connectivity index (χ0n) is 33.1. The van der Waals surface area contributed by atoms with E-state index in [-0.39, 0.29) is 0 Å². The van der Waals surface area contributed by atoms with Crippen LogP contribution in [-0.2, 0) is 0 Å². The zero-order chi connectivity index (χ0) is 51.0. The van der Waals surface area contributed by atoms with E-state index in [1.54, 1.807) is 0 Å². The summed E-state index contributed by atoms with van der Waals surface area (Å²) in [6, 6.07) is 0. The lowest BCUT2D eigenvalue weighted by Crippen LogP contribution is -1.97. The average Bonchev–Trinajstić information content (AvgIpc) is 3.73. The van der Waals surface area contributed by atoms with E-state index in [1.165, 1.54) is 0 Å². The molecule has 0 aliphatic rings. The van der Waals surface area contributed by atoms with Crippen LogP contribution in [0, 0.1) is 0 Å². The third-order valence-corrected chi connectivity index (χ3v) is 11.8. The number of hydrogen-bond acceptors (Lipinski definition) is 26. The van der Waals surface area contributed by atoms with Gasteiger partial charge in [-0.15, -0.1) is 0 Å². The Bertz CT molecular complexity index is 3850. The fraction of sp³-hybridized carbons (Fsp3) is 0. The van der Waals surface area contributed by atoms with Crippen LogP contribution in [0.4, 0.5) is 0 Å². The first-order chi connectivity index (χ1) is 32.2. The molecular formula is C42H27NO26. The molecule has 9 aromatic rings. The molecule has 69 heavy (non-hydrogen) atoms. The maximum absolute atomic E-state index is 11.9. The van der Waals surface area contributed by atoms with Gasteiger partial charge < -0.3 is 138 Å². The summed E-state index contributed by atoms with van der Waals surface area (Å²) >= 11 is 0. The summed E-state index contributed by atoms with van der Waals surface area (Å²) in [5, 5.41) is 279. The van der Waals surface area contributed by atoms with Crippen molar-refractivity contribution in [2.24, 2.45) is 0 Å². The van der Waals surface area contributed by atoms with Crippen LogP contribution in [0.25, 0.3) is 87.5 Å². The van der Waals surface area contributed by atoms with Crippen molar-refractivity contribution in [1.82, 2.24) is 4.98 Å². The molecule has 0 aliphatic heterocycles. The van der Waals surface area contributed by atoms with Gasteiger partial charge in [0.25, 0.3) is 0 Å². The first-order valence-electron chi connectivity index (χ1n) is 18.6. The molecule has 1 heterocycles. The van der Waals surface area contributed by atoms with Crippen molar-refractivity contribution in [2.75, 3.05) is 0 Å². The molecule has 0 saturated carbocycles. The molecule has 356 valence electrons. The molecule has 0 amide bonds. The molecule has 0 saturated heterocycles. The smallest absolute Gasteiger partial charge is 0.206 e. The van der Waals surface area contributed by atoms with Crippen molar-refractivity contribution in [3.05, 3.63) is 0 Å². The van der Waals surface area contributed by atoms with Crippen molar-refractivity contribution < 1.29 is 133 Å². The normalized spacial score (nSPS) is 11.8. The minimum atomic E-state index is -1.85. The Hall–Kier alpha value is -10.9. The van der Waals surface area contributed by atoms with Crippen LogP contribution in [0.2, 0.25) is 0 Å². The summed E-state index contributed by atoms with van der Waals surface area (Å²) in [5.41, 5.74) is -10.1. The van der Waals surface area contributed by atoms with Crippen molar-refractivity contribution >= 4 is 54.1 Å². The Morgan fingerprint density at radius 3 is 0.681 bits per heavy atom. The van der Waals surface area contributed by atoms with Gasteiger partial charge in [0, 0.05) is 43.6 Å². The summed E-state index contributed by atoms with van der Waals surface area (Å²) in [5.74, 6) is -42.4. The SMILES string of the molecule is Oc1c(O)c(-c2c3c(O)c(O)c(O)c(O)c3c(-c3c(O)c(O)c(O)c4c(O)c(O)c(O)c(O)c34)c3c(O)c(O)c(O)c(O)c23)c(O)c(O)c1-c1c(O)c(O)c2c([nH]c3c(O)c(O)c(O)c(O)c32)c1O. The van der Waals surface area contributed by atoms with E-state index in [4.69, 9.17) is 0 Å². The number of hydrogen-bond donors (Lipinski definition) is 27. The predicted octanol–water partition coefficient (Wildman–Crippen LogP) is 4.13. The summed E-state index contributed by atoms with van der Waals surface area (Å²) in [6.07, 6.45) is 0. The Morgan fingerprint density at radius 1 is 0.130 bits per heavy atom. The fourth-order valence-corrected chi connectivity index (χ4v) is 8.67. The van der Waals surface area contributed by atoms with Crippen LogP contribution in [0.3, 0.4) is 0 Å². The second-order valence-electron chi connectivity index (χ2n) is 15.2. The zero-order valence-corrected chi connectivity index (χ0v) is 33.1. The second-order valence-corrected chi connectivity index (χ2v) is 15.2. The van der Waals surface area contributed by atoms with Gasteiger partial charge in [-0.1, -0.05) is 0 Å². The van der Waals surface area contributed by atoms with Gasteiger partial charge in [0.15, 0.2) is 97.7 Å². The molecule has 27 heteroatoms. The van der Waals surface area contributed by atoms with Crippen LogP contribution in [0.15, 0.2) is 0 Å². The summed E-state index contributed by atoms with van der Waals surface area (Å²) in [6.45, 7) is 0. The molecule has 0 unspecified atom stereocenters. The third kappa shape index (κ3) is 4.86. The molecule has 0 spiro atoms. The van der Waals surface area contributed by atoms with Crippen molar-refractivity contribution in [1.29, 1.82) is 0 Å². The van der Waals surface area contributed by atoms with Crippen LogP contribution < -0.4 is 0 Å². The standard InChI is InChI=1S/C42H27NO26/c44-17-13(28(55)24(51)9-10-16(43-15(9)17)33(60)42(69)40(67)25(10)52)14-29(56)26(53)11(27(54)30(14)57)2-6-3(19(46)35(62)37(64)21(6)48)1(4-7(2)22(49)38(65)36(63)20(4)47)5-8-12(31(58)34(61)18(5)45)32(59)41(68)39(66)23(8)50/h43-69H. The largest absolute Gasteiger partial charge is 0.505 e. The number of nitrogens with one attached hydrogen (secondary N) is 1. The van der Waals surface area contributed by atoms with Crippen LogP contribution >= 0.6 is 0 Å². The molecule has 27 N–H and O–H groups in total. The van der Waals surface area contributed by atoms with E-state index in [0.29, 0.717) is 0 Å². The molecule has 8 aromatic carbocycles. The molecule has 0 bridgehead atoms. The van der Waals surface area contributed by atoms with Gasteiger partial charge in [0.1, 0.15) is 0 Å². The lowest BCUT2D eigenvalue weighted by atomic mass is 9.81. The van der Waals surface area contributed by atoms with Crippen molar-refractivity contribution in [3.63, 3.8) is 0 Å². The molecule has 0 fully saturated rings. The Kier molecular flexibility index (Phi) is 8.40. The number of fused-ring (bicyclic) bond motifs is 6. The van der Waals surface area contributed by atoms with E-state index in [0.717, 1.165) is 0 Å². The first-order valence-corrected chi connectivity index (χ1v) is 18.6. The van der Waals surface area contributed by atoms with E-state index in [2.05, 4.69) is 4.98 Å². The van der Waals surface area contributed by atoms with E-state index in [9.17, 15) is 133 Å². The van der Waals surface area contributed by atoms with Gasteiger partial charge in [-0.2, -0.15) is 0 Å². The highest BCUT2D eigenvalue weighted by Crippen LogP contribution is 2.69. The fourth-order valence-electron chi connectivity index (χ4n) is 8.67. The maximum Gasteiger partial charge on any atom is 0.206 e. The molecule has 0 radical (unpaired) electrons. The van der Waals surface area contributed by atoms with Gasteiger partial charge in [-0.25, -0.2) is 0 Å². The summed E-state index contributed by atoms with van der Waals surface area (Å²) in [7, 11) is 0. The van der Waals surface area contributed by atoms with Crippen molar-refractivity contribution in [3.8, 4) is 183 Å². The highest BCUT2D eigenvalue weighted by atomic mass is 16.4. The van der Waals surface area contributed by atoms with E-state index in [1.807, 2.05) is 0 Å². The minimum absolute atomic E-state index is 0.725. The predicted molar refractivity (Wildman–Crippen MR) is 228 cm³/mol. The molecule has 9 rings (SSSR count). The molecule has 1 aromatic heterocycles. The van der Waals surface area contributed by atoms with Crippen LogP contribution in [0.1, 0.15) is 0 Å². The molecule has 0 atom stereocenters. The van der Waals surface area contributed by atoms with Gasteiger partial charge in [0.05, 0.1) is 43.9 Å². The highest BCUT2D eigenvalue weighted by Gasteiger charge is 2.40. The highest BCUT2D eigenvalue weighted by molar-refractivity contribution is 6.33. The number of benzene rings is 8. The Labute approximate surface area is 374 Å². The first kappa shape index (κ1) is 43.4. The van der Waals surface area contributed by atoms with Crippen LogP contribution in [-0.4, -0.2) is 138 Å². The number of H-pyrrole nitrogens is 1. The maximum atomic E-state index is 11.9. The summed E-state index contributed by atoms with van der Waals surface area (Å²) in [4.78, 5) is 2.26. The van der Waals surface area contributed by atoms with Gasteiger partial charge in [-0.05, 0) is 0 Å². The number of phenolic OH excluding ortho intramolecular Hbond substituents is 26. The van der Waals surface area contributed by atoms with E-state index < -0.39 is 237 Å². The lowest BCUT2D eigenvalue weighted by Gasteiger charge is -2.25. The third-order valence-electron chi connectivity index (χ3n) is 11.8. The lowest BCUT2D eigenvalue weighted by molar-refractivity contribution is 0.347. The van der Waals surface area contributed by atoms with Gasteiger partial charge >= 0.3 is 0 Å². The molecule has 0 aliphatic carbocycles. The summed E-state index contributed by atoms with van der Waals surface area (Å²) < 4.78 is 0. The Balaban J connectivity index is 1.53. The second kappa shape index (κ2) is 13.4. The Morgan fingerprint density at radius 2 is 0.319 bits per heavy atom. The molecular weight excluding hydrogens is 934 g/mol. The van der Waals surface area contributed by atoms with Crippen LogP contribution in [0.5, 0.6) is 149 Å². The van der Waals surface area contributed by atoms with Gasteiger partial charge in [0.2, 0.25) is 51.7 Å². The quantitative estimate of drug-likeness (QED) is 0.0672. The minimum Gasteiger partial charge on any atom is -0.505 e. The molecule has 27 nitrogen and oxygen atoms in total. The average molecular weight is 962 g/mol. The van der Waals surface area contributed by atoms with Crippen molar-refractivity contribution in [2.45, 2.75) is 0 Å². The number of aromatic hydroxyl groups is 26. The topological polar surface area (TPSA) is 542 Å². The number of aromatic amines is 1. The number of phenols is 26.